The highest BCUT2D eigenvalue weighted by Gasteiger charge is 2.20. The Balaban J connectivity index is 0.00000484. The van der Waals surface area contributed by atoms with Gasteiger partial charge < -0.3 is 15.5 Å². The summed E-state index contributed by atoms with van der Waals surface area (Å²) < 4.78 is 0. The zero-order valence-electron chi connectivity index (χ0n) is 15.7. The Kier molecular flexibility index (Phi) is 14.3. The molecule has 5 heteroatoms. The Hall–Kier alpha value is -0.0400. The van der Waals surface area contributed by atoms with E-state index in [0.717, 1.165) is 25.0 Å². The molecule has 1 aliphatic heterocycles. The fourth-order valence-corrected chi connectivity index (χ4v) is 3.07. The summed E-state index contributed by atoms with van der Waals surface area (Å²) in [7, 11) is 0. The smallest absolute Gasteiger partial charge is 0.191 e. The lowest BCUT2D eigenvalue weighted by Crippen LogP contribution is -2.42. The monoisotopic (exact) mass is 438 g/mol. The van der Waals surface area contributed by atoms with Crippen LogP contribution in [0.15, 0.2) is 4.99 Å². The molecule has 1 saturated heterocycles. The van der Waals surface area contributed by atoms with E-state index < -0.39 is 0 Å². The van der Waals surface area contributed by atoms with E-state index >= 15 is 0 Å². The summed E-state index contributed by atoms with van der Waals surface area (Å²) in [6.45, 7) is 14.4. The van der Waals surface area contributed by atoms with E-state index in [0.29, 0.717) is 6.04 Å². The molecule has 0 amide bonds. The van der Waals surface area contributed by atoms with Gasteiger partial charge in [0.15, 0.2) is 5.96 Å². The summed E-state index contributed by atoms with van der Waals surface area (Å²) in [5.41, 5.74) is 0. The summed E-state index contributed by atoms with van der Waals surface area (Å²) in [6.07, 6.45) is 7.86. The van der Waals surface area contributed by atoms with Crippen LogP contribution in [0.5, 0.6) is 0 Å². The van der Waals surface area contributed by atoms with Gasteiger partial charge in [0, 0.05) is 25.7 Å². The predicted molar refractivity (Wildman–Crippen MR) is 113 cm³/mol. The minimum atomic E-state index is 0. The highest BCUT2D eigenvalue weighted by molar-refractivity contribution is 14.0. The molecule has 1 rings (SSSR count). The van der Waals surface area contributed by atoms with Crippen LogP contribution < -0.4 is 10.6 Å². The lowest BCUT2D eigenvalue weighted by Gasteiger charge is -2.18. The Labute approximate surface area is 161 Å². The summed E-state index contributed by atoms with van der Waals surface area (Å²) >= 11 is 0. The van der Waals surface area contributed by atoms with Crippen molar-refractivity contribution in [2.45, 2.75) is 72.3 Å². The number of likely N-dealkylation sites (tertiary alicyclic amines) is 1. The Morgan fingerprint density at radius 1 is 1.22 bits per heavy atom. The second kappa shape index (κ2) is 14.3. The zero-order chi connectivity index (χ0) is 16.2. The third-order valence-corrected chi connectivity index (χ3v) is 4.54. The van der Waals surface area contributed by atoms with Crippen molar-refractivity contribution in [2.24, 2.45) is 10.9 Å². The highest BCUT2D eigenvalue weighted by Crippen LogP contribution is 2.15. The normalized spacial score (nSPS) is 20.2. The van der Waals surface area contributed by atoms with Crippen LogP contribution in [0.4, 0.5) is 0 Å². The molecule has 0 aromatic rings. The fourth-order valence-electron chi connectivity index (χ4n) is 3.07. The summed E-state index contributed by atoms with van der Waals surface area (Å²) in [4.78, 5) is 7.34. The first-order chi connectivity index (χ1) is 10.7. The third-order valence-electron chi connectivity index (χ3n) is 4.54. The summed E-state index contributed by atoms with van der Waals surface area (Å²) in [6, 6.07) is 0.505. The van der Waals surface area contributed by atoms with Crippen LogP contribution in [0.2, 0.25) is 0 Å². The summed E-state index contributed by atoms with van der Waals surface area (Å²) in [5.74, 6) is 1.73. The van der Waals surface area contributed by atoms with Gasteiger partial charge in [-0.1, -0.05) is 39.5 Å². The summed E-state index contributed by atoms with van der Waals surface area (Å²) in [5, 5.41) is 6.96. The highest BCUT2D eigenvalue weighted by atomic mass is 127. The lowest BCUT2D eigenvalue weighted by molar-refractivity contribution is 0.343. The van der Waals surface area contributed by atoms with Gasteiger partial charge in [0.25, 0.3) is 0 Å². The first-order valence-electron chi connectivity index (χ1n) is 9.46. The number of aliphatic imine (C=N–C) groups is 1. The molecule has 1 fully saturated rings. The Bertz CT molecular complexity index is 309. The van der Waals surface area contributed by atoms with E-state index in [1.807, 2.05) is 0 Å². The van der Waals surface area contributed by atoms with E-state index in [1.54, 1.807) is 0 Å². The number of nitrogens with zero attached hydrogens (tertiary/aromatic N) is 2. The van der Waals surface area contributed by atoms with Crippen molar-refractivity contribution in [2.75, 3.05) is 32.7 Å². The van der Waals surface area contributed by atoms with Gasteiger partial charge in [0.1, 0.15) is 0 Å². The van der Waals surface area contributed by atoms with Crippen molar-refractivity contribution in [1.82, 2.24) is 15.5 Å². The van der Waals surface area contributed by atoms with E-state index in [4.69, 9.17) is 4.99 Å². The molecular weight excluding hydrogens is 399 g/mol. The first kappa shape index (κ1) is 23.0. The molecule has 2 unspecified atom stereocenters. The largest absolute Gasteiger partial charge is 0.357 e. The second-order valence-corrected chi connectivity index (χ2v) is 6.66. The zero-order valence-corrected chi connectivity index (χ0v) is 18.1. The van der Waals surface area contributed by atoms with Crippen molar-refractivity contribution in [1.29, 1.82) is 0 Å². The van der Waals surface area contributed by atoms with E-state index in [-0.39, 0.29) is 24.0 Å². The van der Waals surface area contributed by atoms with E-state index in [9.17, 15) is 0 Å². The van der Waals surface area contributed by atoms with Crippen LogP contribution in [0.1, 0.15) is 66.2 Å². The van der Waals surface area contributed by atoms with Gasteiger partial charge in [-0.25, -0.2) is 0 Å². The van der Waals surface area contributed by atoms with Crippen LogP contribution in [0.25, 0.3) is 0 Å². The van der Waals surface area contributed by atoms with E-state index in [1.165, 1.54) is 58.2 Å². The maximum Gasteiger partial charge on any atom is 0.191 e. The predicted octanol–water partition coefficient (Wildman–Crippen LogP) is 3.86. The van der Waals surface area contributed by atoms with Crippen LogP contribution in [0, 0.1) is 5.92 Å². The van der Waals surface area contributed by atoms with Crippen LogP contribution in [-0.2, 0) is 0 Å². The topological polar surface area (TPSA) is 39.7 Å². The fraction of sp³-hybridized carbons (Fsp3) is 0.944. The van der Waals surface area contributed by atoms with Gasteiger partial charge in [0.05, 0.1) is 0 Å². The maximum absolute atomic E-state index is 4.82. The number of nitrogens with one attached hydrogen (secondary N) is 2. The molecule has 0 saturated carbocycles. The minimum absolute atomic E-state index is 0. The molecule has 2 N–H and O–H groups in total. The molecule has 1 aliphatic rings. The van der Waals surface area contributed by atoms with Gasteiger partial charge in [-0.15, -0.1) is 24.0 Å². The SMILES string of the molecule is CCCCCCC(C)NC(=NCC1CCN(CC)C1)NCC.I. The van der Waals surface area contributed by atoms with Crippen LogP contribution >= 0.6 is 24.0 Å². The Morgan fingerprint density at radius 2 is 2.00 bits per heavy atom. The maximum atomic E-state index is 4.82. The molecule has 23 heavy (non-hydrogen) atoms. The molecule has 0 radical (unpaired) electrons. The molecule has 0 spiro atoms. The molecule has 0 aromatic carbocycles. The molecular formula is C18H39IN4. The minimum Gasteiger partial charge on any atom is -0.357 e. The molecule has 0 bridgehead atoms. The standard InChI is InChI=1S/C18H38N4.HI/c1-5-8-9-10-11-16(4)21-18(19-6-2)20-14-17-12-13-22(7-3)15-17;/h16-17H,5-15H2,1-4H3,(H2,19,20,21);1H. The molecule has 0 aromatic heterocycles. The quantitative estimate of drug-likeness (QED) is 0.236. The molecule has 4 nitrogen and oxygen atoms in total. The van der Waals surface area contributed by atoms with Crippen molar-refractivity contribution in [3.05, 3.63) is 0 Å². The lowest BCUT2D eigenvalue weighted by atomic mass is 10.1. The molecule has 138 valence electrons. The van der Waals surface area contributed by atoms with Crippen molar-refractivity contribution in [3.63, 3.8) is 0 Å². The van der Waals surface area contributed by atoms with Gasteiger partial charge in [-0.3, -0.25) is 4.99 Å². The van der Waals surface area contributed by atoms with Crippen LogP contribution in [-0.4, -0.2) is 49.6 Å². The average molecular weight is 438 g/mol. The third kappa shape index (κ3) is 10.4. The van der Waals surface area contributed by atoms with Crippen LogP contribution in [0.3, 0.4) is 0 Å². The van der Waals surface area contributed by atoms with Gasteiger partial charge in [-0.2, -0.15) is 0 Å². The molecule has 2 atom stereocenters. The number of hydrogen-bond acceptors (Lipinski definition) is 2. The molecule has 1 heterocycles. The van der Waals surface area contributed by atoms with E-state index in [2.05, 4.69) is 43.2 Å². The first-order valence-corrected chi connectivity index (χ1v) is 9.46. The number of unbranched alkanes of at least 4 members (excludes halogenated alkanes) is 3. The second-order valence-electron chi connectivity index (χ2n) is 6.66. The van der Waals surface area contributed by atoms with Crippen molar-refractivity contribution in [3.8, 4) is 0 Å². The average Bonchev–Trinajstić information content (AvgIpc) is 2.97. The van der Waals surface area contributed by atoms with Gasteiger partial charge >= 0.3 is 0 Å². The number of rotatable bonds is 10. The molecule has 0 aliphatic carbocycles. The van der Waals surface area contributed by atoms with Gasteiger partial charge in [-0.05, 0) is 45.7 Å². The van der Waals surface area contributed by atoms with Crippen molar-refractivity contribution >= 4 is 29.9 Å². The number of halogens is 1. The van der Waals surface area contributed by atoms with Crippen molar-refractivity contribution < 1.29 is 0 Å². The Morgan fingerprint density at radius 3 is 2.61 bits per heavy atom. The number of guanidine groups is 1. The van der Waals surface area contributed by atoms with Gasteiger partial charge in [0.2, 0.25) is 0 Å². The number of hydrogen-bond donors (Lipinski definition) is 2.